The lowest BCUT2D eigenvalue weighted by molar-refractivity contribution is -0.00345. The van der Waals surface area contributed by atoms with Crippen LogP contribution in [0.2, 0.25) is 0 Å². The average Bonchev–Trinajstić information content (AvgIpc) is 3.00. The number of amides is 1. The molecule has 0 bridgehead atoms. The van der Waals surface area contributed by atoms with Crippen LogP contribution in [-0.2, 0) is 4.74 Å². The SMILES string of the molecule is Cc1cc(-n2c(C(C)C)c(C(=O)NC3COC3)c3cc(N)c(C=N)cc32)ccc1F. The molecule has 1 aromatic heterocycles. The molecule has 0 saturated carbocycles. The zero-order chi connectivity index (χ0) is 21.6. The minimum Gasteiger partial charge on any atom is -0.398 e. The zero-order valence-corrected chi connectivity index (χ0v) is 17.3. The van der Waals surface area contributed by atoms with Gasteiger partial charge in [0.15, 0.2) is 0 Å². The Labute approximate surface area is 174 Å². The van der Waals surface area contributed by atoms with Gasteiger partial charge >= 0.3 is 0 Å². The number of nitrogen functional groups attached to an aromatic ring is 1. The number of fused-ring (bicyclic) bond motifs is 1. The number of rotatable bonds is 5. The van der Waals surface area contributed by atoms with Gasteiger partial charge in [0, 0.05) is 34.2 Å². The first-order valence-electron chi connectivity index (χ1n) is 9.95. The summed E-state index contributed by atoms with van der Waals surface area (Å²) in [7, 11) is 0. The predicted octanol–water partition coefficient (Wildman–Crippen LogP) is 3.91. The highest BCUT2D eigenvalue weighted by molar-refractivity contribution is 6.11. The Morgan fingerprint density at radius 2 is 2.07 bits per heavy atom. The molecular formula is C23H25FN4O2. The summed E-state index contributed by atoms with van der Waals surface area (Å²) in [6.45, 7) is 6.75. The number of hydrogen-bond donors (Lipinski definition) is 3. The smallest absolute Gasteiger partial charge is 0.254 e. The van der Waals surface area contributed by atoms with E-state index in [1.54, 1.807) is 25.1 Å². The molecule has 1 aliphatic heterocycles. The summed E-state index contributed by atoms with van der Waals surface area (Å²) in [5.74, 6) is -0.462. The second-order valence-corrected chi connectivity index (χ2v) is 8.03. The van der Waals surface area contributed by atoms with E-state index in [2.05, 4.69) is 5.32 Å². The van der Waals surface area contributed by atoms with Crippen molar-refractivity contribution in [3.05, 3.63) is 58.5 Å². The van der Waals surface area contributed by atoms with Crippen molar-refractivity contribution in [3.8, 4) is 5.69 Å². The Bertz CT molecular complexity index is 1160. The molecule has 0 aliphatic carbocycles. The molecule has 1 fully saturated rings. The number of halogens is 1. The normalized spacial score (nSPS) is 14.2. The Balaban J connectivity index is 2.04. The van der Waals surface area contributed by atoms with Gasteiger partial charge in [-0.25, -0.2) is 4.39 Å². The van der Waals surface area contributed by atoms with Crippen LogP contribution >= 0.6 is 0 Å². The molecule has 1 aliphatic rings. The van der Waals surface area contributed by atoms with Gasteiger partial charge in [-0.3, -0.25) is 4.79 Å². The monoisotopic (exact) mass is 408 g/mol. The van der Waals surface area contributed by atoms with E-state index >= 15 is 0 Å². The van der Waals surface area contributed by atoms with Gasteiger partial charge in [-0.2, -0.15) is 0 Å². The number of carbonyl (C=O) groups excluding carboxylic acids is 1. The van der Waals surface area contributed by atoms with E-state index in [4.69, 9.17) is 15.9 Å². The van der Waals surface area contributed by atoms with E-state index < -0.39 is 0 Å². The van der Waals surface area contributed by atoms with Crippen LogP contribution < -0.4 is 11.1 Å². The van der Waals surface area contributed by atoms with Crippen LogP contribution in [0.1, 0.15) is 46.9 Å². The van der Waals surface area contributed by atoms with E-state index in [9.17, 15) is 9.18 Å². The fraction of sp³-hybridized carbons (Fsp3) is 0.304. The molecule has 1 amide bonds. The van der Waals surface area contributed by atoms with Crippen LogP contribution in [0, 0.1) is 18.2 Å². The van der Waals surface area contributed by atoms with E-state index in [1.165, 1.54) is 12.3 Å². The van der Waals surface area contributed by atoms with Gasteiger partial charge in [0.05, 0.1) is 30.3 Å². The maximum Gasteiger partial charge on any atom is 0.254 e. The molecular weight excluding hydrogens is 383 g/mol. The molecule has 2 aromatic carbocycles. The number of ether oxygens (including phenoxy) is 1. The van der Waals surface area contributed by atoms with Gasteiger partial charge in [0.1, 0.15) is 5.82 Å². The Morgan fingerprint density at radius 1 is 1.33 bits per heavy atom. The Hall–Kier alpha value is -3.19. The number of nitrogens with zero attached hydrogens (tertiary/aromatic N) is 1. The highest BCUT2D eigenvalue weighted by Gasteiger charge is 2.29. The van der Waals surface area contributed by atoms with E-state index in [0.717, 1.165) is 16.9 Å². The highest BCUT2D eigenvalue weighted by atomic mass is 19.1. The lowest BCUT2D eigenvalue weighted by Gasteiger charge is -2.27. The molecule has 0 atom stereocenters. The van der Waals surface area contributed by atoms with Crippen molar-refractivity contribution < 1.29 is 13.9 Å². The van der Waals surface area contributed by atoms with Crippen molar-refractivity contribution in [3.63, 3.8) is 0 Å². The van der Waals surface area contributed by atoms with Crippen LogP contribution in [0.15, 0.2) is 30.3 Å². The second-order valence-electron chi connectivity index (χ2n) is 8.03. The van der Waals surface area contributed by atoms with Crippen LogP contribution in [0.3, 0.4) is 0 Å². The van der Waals surface area contributed by atoms with Gasteiger partial charge in [0.2, 0.25) is 0 Å². The topological polar surface area (TPSA) is 93.1 Å². The molecule has 156 valence electrons. The summed E-state index contributed by atoms with van der Waals surface area (Å²) in [5, 5.41) is 11.4. The molecule has 4 rings (SSSR count). The van der Waals surface area contributed by atoms with Gasteiger partial charge in [-0.05, 0) is 48.7 Å². The number of anilines is 1. The lowest BCUT2D eigenvalue weighted by Crippen LogP contribution is -2.48. The van der Waals surface area contributed by atoms with E-state index in [0.29, 0.717) is 41.0 Å². The fourth-order valence-electron chi connectivity index (χ4n) is 3.92. The van der Waals surface area contributed by atoms with Crippen molar-refractivity contribution in [1.29, 1.82) is 5.41 Å². The number of carbonyl (C=O) groups is 1. The number of aromatic nitrogens is 1. The van der Waals surface area contributed by atoms with Crippen LogP contribution in [-0.4, -0.2) is 35.9 Å². The first kappa shape index (κ1) is 20.1. The van der Waals surface area contributed by atoms with Crippen molar-refractivity contribution in [2.45, 2.75) is 32.7 Å². The molecule has 2 heterocycles. The first-order chi connectivity index (χ1) is 14.3. The number of benzene rings is 2. The molecule has 3 aromatic rings. The lowest BCUT2D eigenvalue weighted by atomic mass is 10.0. The first-order valence-corrected chi connectivity index (χ1v) is 9.95. The molecule has 0 spiro atoms. The fourth-order valence-corrected chi connectivity index (χ4v) is 3.92. The van der Waals surface area contributed by atoms with Crippen molar-refractivity contribution in [2.75, 3.05) is 18.9 Å². The van der Waals surface area contributed by atoms with Crippen molar-refractivity contribution >= 4 is 28.7 Å². The maximum absolute atomic E-state index is 13.9. The summed E-state index contributed by atoms with van der Waals surface area (Å²) in [6.07, 6.45) is 1.20. The molecule has 1 saturated heterocycles. The largest absolute Gasteiger partial charge is 0.398 e. The van der Waals surface area contributed by atoms with Crippen molar-refractivity contribution in [1.82, 2.24) is 9.88 Å². The minimum atomic E-state index is -0.284. The summed E-state index contributed by atoms with van der Waals surface area (Å²) in [5.41, 5.74) is 10.6. The molecule has 0 unspecified atom stereocenters. The summed E-state index contributed by atoms with van der Waals surface area (Å²) in [4.78, 5) is 13.3. The summed E-state index contributed by atoms with van der Waals surface area (Å²) >= 11 is 0. The molecule has 4 N–H and O–H groups in total. The van der Waals surface area contributed by atoms with E-state index in [1.807, 2.05) is 24.5 Å². The third kappa shape index (κ3) is 3.25. The standard InChI is InChI=1S/C23H25FN4O2/c1-12(2)22-21(23(29)27-15-10-30-11-15)17-8-19(26)14(9-25)7-20(17)28(22)16-4-5-18(24)13(3)6-16/h4-9,12,15,25H,10-11,26H2,1-3H3,(H,27,29). The number of hydrogen-bond acceptors (Lipinski definition) is 4. The molecule has 0 radical (unpaired) electrons. The molecule has 6 nitrogen and oxygen atoms in total. The summed E-state index contributed by atoms with van der Waals surface area (Å²) < 4.78 is 21.1. The second kappa shape index (κ2) is 7.57. The highest BCUT2D eigenvalue weighted by Crippen LogP contribution is 2.36. The van der Waals surface area contributed by atoms with Crippen molar-refractivity contribution in [2.24, 2.45) is 0 Å². The molecule has 7 heteroatoms. The van der Waals surface area contributed by atoms with Crippen LogP contribution in [0.4, 0.5) is 10.1 Å². The number of nitrogens with two attached hydrogens (primary N) is 1. The van der Waals surface area contributed by atoms with E-state index in [-0.39, 0.29) is 23.7 Å². The zero-order valence-electron chi connectivity index (χ0n) is 17.3. The van der Waals surface area contributed by atoms with Gasteiger partial charge in [-0.15, -0.1) is 0 Å². The predicted molar refractivity (Wildman–Crippen MR) is 116 cm³/mol. The van der Waals surface area contributed by atoms with Crippen LogP contribution in [0.25, 0.3) is 16.6 Å². The Kier molecular flexibility index (Phi) is 5.07. The summed E-state index contributed by atoms with van der Waals surface area (Å²) in [6, 6.07) is 8.45. The Morgan fingerprint density at radius 3 is 2.63 bits per heavy atom. The van der Waals surface area contributed by atoms with Crippen LogP contribution in [0.5, 0.6) is 0 Å². The van der Waals surface area contributed by atoms with Gasteiger partial charge in [0.25, 0.3) is 5.91 Å². The number of aryl methyl sites for hydroxylation is 1. The third-order valence-corrected chi connectivity index (χ3v) is 5.51. The minimum absolute atomic E-state index is 0.00538. The maximum atomic E-state index is 13.9. The third-order valence-electron chi connectivity index (χ3n) is 5.51. The van der Waals surface area contributed by atoms with Gasteiger partial charge < -0.3 is 25.8 Å². The average molecular weight is 408 g/mol. The van der Waals surface area contributed by atoms with Gasteiger partial charge in [-0.1, -0.05) is 13.8 Å². The number of nitrogens with one attached hydrogen (secondary N) is 2. The quantitative estimate of drug-likeness (QED) is 0.441. The molecule has 30 heavy (non-hydrogen) atoms.